The molecule has 1 unspecified atom stereocenters. The van der Waals surface area contributed by atoms with E-state index < -0.39 is 17.6 Å². The zero-order valence-corrected chi connectivity index (χ0v) is 13.0. The Morgan fingerprint density at radius 2 is 1.95 bits per heavy atom. The molecule has 0 radical (unpaired) electrons. The van der Waals surface area contributed by atoms with Crippen molar-refractivity contribution in [1.82, 2.24) is 5.32 Å². The normalized spacial score (nSPS) is 13.6. The fourth-order valence-corrected chi connectivity index (χ4v) is 2.33. The van der Waals surface area contributed by atoms with Gasteiger partial charge in [0.1, 0.15) is 0 Å². The quantitative estimate of drug-likeness (QED) is 0.603. The number of thioether (sulfide) groups is 1. The minimum absolute atomic E-state index is 0.365. The van der Waals surface area contributed by atoms with Crippen LogP contribution < -0.4 is 10.6 Å². The van der Waals surface area contributed by atoms with E-state index in [0.29, 0.717) is 10.9 Å². The number of carbonyl (C=O) groups excluding carboxylic acids is 1. The summed E-state index contributed by atoms with van der Waals surface area (Å²) in [7, 11) is 0. The molecule has 21 heavy (non-hydrogen) atoms. The van der Waals surface area contributed by atoms with Crippen molar-refractivity contribution in [2.75, 3.05) is 11.9 Å². The fourth-order valence-electron chi connectivity index (χ4n) is 1.42. The number of aliphatic hydroxyl groups is 1. The van der Waals surface area contributed by atoms with Gasteiger partial charge in [-0.15, -0.1) is 11.8 Å². The second-order valence-electron chi connectivity index (χ2n) is 5.05. The van der Waals surface area contributed by atoms with Crippen molar-refractivity contribution >= 4 is 29.4 Å². The molecule has 0 aromatic heterocycles. The van der Waals surface area contributed by atoms with Crippen LogP contribution in [0, 0.1) is 0 Å². The first-order valence-electron chi connectivity index (χ1n) is 6.48. The number of anilines is 1. The third-order valence-corrected chi connectivity index (χ3v) is 3.63. The average Bonchev–Trinajstić information content (AvgIpc) is 2.38. The summed E-state index contributed by atoms with van der Waals surface area (Å²) < 4.78 is 0. The molecule has 7 heteroatoms. The molecule has 1 aromatic rings. The van der Waals surface area contributed by atoms with E-state index in [2.05, 4.69) is 10.6 Å². The van der Waals surface area contributed by atoms with Crippen LogP contribution in [-0.2, 0) is 4.79 Å². The van der Waals surface area contributed by atoms with E-state index >= 15 is 0 Å². The van der Waals surface area contributed by atoms with Crippen molar-refractivity contribution in [3.05, 3.63) is 24.3 Å². The monoisotopic (exact) mass is 312 g/mol. The molecule has 1 rings (SSSR count). The molecule has 0 saturated heterocycles. The van der Waals surface area contributed by atoms with E-state index in [1.807, 2.05) is 26.0 Å². The summed E-state index contributed by atoms with van der Waals surface area (Å²) in [5.74, 6) is -1.39. The van der Waals surface area contributed by atoms with Crippen LogP contribution in [0.25, 0.3) is 0 Å². The minimum Gasteiger partial charge on any atom is -0.479 e. The molecule has 1 aromatic carbocycles. The van der Waals surface area contributed by atoms with E-state index in [1.165, 1.54) is 0 Å². The van der Waals surface area contributed by atoms with Crippen molar-refractivity contribution < 1.29 is 19.8 Å². The Morgan fingerprint density at radius 1 is 1.33 bits per heavy atom. The van der Waals surface area contributed by atoms with Crippen LogP contribution in [0.5, 0.6) is 0 Å². The lowest BCUT2D eigenvalue weighted by Gasteiger charge is -2.19. The van der Waals surface area contributed by atoms with Gasteiger partial charge in [-0.05, 0) is 19.1 Å². The third kappa shape index (κ3) is 5.65. The van der Waals surface area contributed by atoms with Crippen LogP contribution in [0.2, 0.25) is 0 Å². The number of carboxylic acid groups (broad SMARTS) is 1. The van der Waals surface area contributed by atoms with Crippen LogP contribution in [0.4, 0.5) is 10.5 Å². The highest BCUT2D eigenvalue weighted by Gasteiger charge is 2.30. The zero-order valence-electron chi connectivity index (χ0n) is 12.2. The molecule has 0 aliphatic carbocycles. The van der Waals surface area contributed by atoms with Crippen molar-refractivity contribution in [3.8, 4) is 0 Å². The molecule has 0 aliphatic heterocycles. The molecule has 0 bridgehead atoms. The maximum atomic E-state index is 11.8. The van der Waals surface area contributed by atoms with Crippen molar-refractivity contribution in [3.63, 3.8) is 0 Å². The molecular formula is C14H20N2O4S. The number of urea groups is 1. The highest BCUT2D eigenvalue weighted by Crippen LogP contribution is 2.29. The first-order chi connectivity index (χ1) is 9.72. The van der Waals surface area contributed by atoms with Gasteiger partial charge in [-0.2, -0.15) is 0 Å². The third-order valence-electron chi connectivity index (χ3n) is 2.55. The molecule has 116 valence electrons. The van der Waals surface area contributed by atoms with E-state index in [1.54, 1.807) is 23.9 Å². The highest BCUT2D eigenvalue weighted by atomic mass is 32.2. The summed E-state index contributed by atoms with van der Waals surface area (Å²) in [6.07, 6.45) is 0. The zero-order chi connectivity index (χ0) is 16.0. The number of amides is 2. The number of para-hydroxylation sites is 1. The first-order valence-corrected chi connectivity index (χ1v) is 7.36. The van der Waals surface area contributed by atoms with E-state index in [4.69, 9.17) is 5.11 Å². The Bertz CT molecular complexity index is 517. The lowest BCUT2D eigenvalue weighted by molar-refractivity contribution is -0.155. The number of hydrogen-bond donors (Lipinski definition) is 4. The molecular weight excluding hydrogens is 292 g/mol. The average molecular weight is 312 g/mol. The van der Waals surface area contributed by atoms with Crippen LogP contribution >= 0.6 is 11.8 Å². The molecule has 0 fully saturated rings. The largest absolute Gasteiger partial charge is 0.479 e. The molecule has 0 heterocycles. The molecule has 0 aliphatic rings. The number of carboxylic acids is 1. The number of nitrogens with one attached hydrogen (secondary N) is 2. The summed E-state index contributed by atoms with van der Waals surface area (Å²) in [6.45, 7) is 4.84. The SMILES string of the molecule is CC(C)Sc1ccccc1NC(=O)NCC(C)(O)C(=O)O. The Balaban J connectivity index is 2.65. The van der Waals surface area contributed by atoms with Crippen molar-refractivity contribution in [2.45, 2.75) is 36.5 Å². The number of aliphatic carboxylic acids is 1. The van der Waals surface area contributed by atoms with Gasteiger partial charge < -0.3 is 20.8 Å². The fraction of sp³-hybridized carbons (Fsp3) is 0.429. The molecule has 0 saturated carbocycles. The minimum atomic E-state index is -2.00. The standard InChI is InChI=1S/C14H20N2O4S/c1-9(2)21-11-7-5-4-6-10(11)16-13(19)15-8-14(3,20)12(17)18/h4-7,9,20H,8H2,1-3H3,(H,17,18)(H2,15,16,19). The summed E-state index contributed by atoms with van der Waals surface area (Å²) in [5, 5.41) is 23.7. The Morgan fingerprint density at radius 3 is 2.52 bits per heavy atom. The molecule has 2 amide bonds. The van der Waals surface area contributed by atoms with Gasteiger partial charge in [0.05, 0.1) is 12.2 Å². The highest BCUT2D eigenvalue weighted by molar-refractivity contribution is 8.00. The van der Waals surface area contributed by atoms with Crippen LogP contribution in [-0.4, -0.2) is 39.6 Å². The number of rotatable bonds is 6. The molecule has 6 nitrogen and oxygen atoms in total. The topological polar surface area (TPSA) is 98.7 Å². The van der Waals surface area contributed by atoms with Gasteiger partial charge in [0.25, 0.3) is 0 Å². The first kappa shape index (κ1) is 17.3. The second kappa shape index (κ2) is 7.33. The Labute approximate surface area is 127 Å². The molecule has 4 N–H and O–H groups in total. The van der Waals surface area contributed by atoms with E-state index in [0.717, 1.165) is 11.8 Å². The van der Waals surface area contributed by atoms with Gasteiger partial charge in [0.2, 0.25) is 0 Å². The Hall–Kier alpha value is -1.73. The predicted octanol–water partition coefficient (Wildman–Crippen LogP) is 2.14. The number of benzene rings is 1. The lowest BCUT2D eigenvalue weighted by Crippen LogP contribution is -2.47. The Kier molecular flexibility index (Phi) is 6.04. The van der Waals surface area contributed by atoms with Crippen LogP contribution in [0.3, 0.4) is 0 Å². The van der Waals surface area contributed by atoms with Gasteiger partial charge >= 0.3 is 12.0 Å². The van der Waals surface area contributed by atoms with Crippen LogP contribution in [0.15, 0.2) is 29.2 Å². The molecule has 0 spiro atoms. The maximum absolute atomic E-state index is 11.8. The number of carbonyl (C=O) groups is 2. The number of hydrogen-bond acceptors (Lipinski definition) is 4. The van der Waals surface area contributed by atoms with Crippen molar-refractivity contribution in [2.24, 2.45) is 0 Å². The van der Waals surface area contributed by atoms with E-state index in [-0.39, 0.29) is 6.54 Å². The second-order valence-corrected chi connectivity index (χ2v) is 6.67. The van der Waals surface area contributed by atoms with Gasteiger partial charge in [-0.1, -0.05) is 26.0 Å². The lowest BCUT2D eigenvalue weighted by atomic mass is 10.1. The van der Waals surface area contributed by atoms with Crippen LogP contribution in [0.1, 0.15) is 20.8 Å². The summed E-state index contributed by atoms with van der Waals surface area (Å²) in [4.78, 5) is 23.5. The van der Waals surface area contributed by atoms with Gasteiger partial charge in [0.15, 0.2) is 5.60 Å². The summed E-state index contributed by atoms with van der Waals surface area (Å²) in [6, 6.07) is 6.78. The smallest absolute Gasteiger partial charge is 0.337 e. The summed E-state index contributed by atoms with van der Waals surface area (Å²) in [5.41, 5.74) is -1.35. The van der Waals surface area contributed by atoms with Crippen molar-refractivity contribution in [1.29, 1.82) is 0 Å². The van der Waals surface area contributed by atoms with Gasteiger partial charge in [-0.3, -0.25) is 0 Å². The summed E-state index contributed by atoms with van der Waals surface area (Å²) >= 11 is 1.61. The predicted molar refractivity (Wildman–Crippen MR) is 82.7 cm³/mol. The maximum Gasteiger partial charge on any atom is 0.337 e. The van der Waals surface area contributed by atoms with E-state index in [9.17, 15) is 14.7 Å². The van der Waals surface area contributed by atoms with Gasteiger partial charge in [0, 0.05) is 10.1 Å². The van der Waals surface area contributed by atoms with Gasteiger partial charge in [-0.25, -0.2) is 9.59 Å². The molecule has 1 atom stereocenters.